The maximum absolute atomic E-state index is 6.06. The first-order chi connectivity index (χ1) is 13.5. The van der Waals surface area contributed by atoms with Crippen LogP contribution in [-0.4, -0.2) is 29.1 Å². The first-order valence-corrected chi connectivity index (χ1v) is 9.41. The lowest BCUT2D eigenvalue weighted by Crippen LogP contribution is -2.18. The third kappa shape index (κ3) is 5.07. The van der Waals surface area contributed by atoms with Crippen molar-refractivity contribution in [2.45, 2.75) is 6.54 Å². The Bertz CT molecular complexity index is 994. The van der Waals surface area contributed by atoms with Crippen molar-refractivity contribution in [1.29, 1.82) is 0 Å². The summed E-state index contributed by atoms with van der Waals surface area (Å²) in [6.07, 6.45) is 3.55. The van der Waals surface area contributed by atoms with E-state index < -0.39 is 0 Å². The first kappa shape index (κ1) is 20.3. The van der Waals surface area contributed by atoms with E-state index in [-0.39, 0.29) is 0 Å². The molecule has 0 saturated heterocycles. The zero-order valence-corrected chi connectivity index (χ0v) is 17.5. The molecule has 3 rings (SSSR count). The Morgan fingerprint density at radius 3 is 2.46 bits per heavy atom. The summed E-state index contributed by atoms with van der Waals surface area (Å²) in [4.78, 5) is 0. The van der Waals surface area contributed by atoms with Crippen LogP contribution < -0.4 is 20.1 Å². The van der Waals surface area contributed by atoms with Gasteiger partial charge in [0.2, 0.25) is 0 Å². The highest BCUT2D eigenvalue weighted by Gasteiger charge is 2.07. The molecule has 0 saturated carbocycles. The van der Waals surface area contributed by atoms with Gasteiger partial charge in [-0.25, -0.2) is 0 Å². The summed E-state index contributed by atoms with van der Waals surface area (Å²) in [6, 6.07) is 11.0. The monoisotopic (exact) mass is 436 g/mol. The molecule has 0 aliphatic heterocycles. The summed E-state index contributed by atoms with van der Waals surface area (Å²) in [6.45, 7) is 0.564. The number of hydrogen-bond donors (Lipinski definition) is 2. The van der Waals surface area contributed by atoms with Gasteiger partial charge in [0, 0.05) is 18.0 Å². The molecule has 1 aromatic heterocycles. The second-order valence-electron chi connectivity index (χ2n) is 5.82. The van der Waals surface area contributed by atoms with Crippen molar-refractivity contribution in [3.05, 3.63) is 64.4 Å². The molecule has 1 heterocycles. The zero-order chi connectivity index (χ0) is 20.1. The first-order valence-electron chi connectivity index (χ1n) is 8.25. The van der Waals surface area contributed by atoms with Gasteiger partial charge in [0.15, 0.2) is 16.6 Å². The molecule has 3 aromatic rings. The van der Waals surface area contributed by atoms with Crippen LogP contribution in [0.5, 0.6) is 11.5 Å². The van der Waals surface area contributed by atoms with E-state index in [4.69, 9.17) is 44.9 Å². The molecular formula is C19H18Cl2N4O2S. The van der Waals surface area contributed by atoms with E-state index >= 15 is 0 Å². The van der Waals surface area contributed by atoms with Crippen molar-refractivity contribution in [3.63, 3.8) is 0 Å². The number of benzene rings is 2. The highest BCUT2D eigenvalue weighted by Crippen LogP contribution is 2.29. The van der Waals surface area contributed by atoms with Gasteiger partial charge in [-0.2, -0.15) is 5.10 Å². The van der Waals surface area contributed by atoms with Crippen LogP contribution >= 0.6 is 35.4 Å². The van der Waals surface area contributed by atoms with Crippen LogP contribution in [0.1, 0.15) is 5.56 Å². The highest BCUT2D eigenvalue weighted by atomic mass is 35.5. The quantitative estimate of drug-likeness (QED) is 0.526. The van der Waals surface area contributed by atoms with Gasteiger partial charge in [-0.15, -0.1) is 0 Å². The average Bonchev–Trinajstić information content (AvgIpc) is 3.11. The Kier molecular flexibility index (Phi) is 6.61. The van der Waals surface area contributed by atoms with Crippen LogP contribution in [0.4, 0.5) is 11.4 Å². The van der Waals surface area contributed by atoms with Crippen LogP contribution in [0.15, 0.2) is 48.8 Å². The molecule has 2 N–H and O–H groups in total. The van der Waals surface area contributed by atoms with Crippen molar-refractivity contribution in [3.8, 4) is 11.5 Å². The topological polar surface area (TPSA) is 60.3 Å². The number of anilines is 2. The van der Waals surface area contributed by atoms with E-state index in [2.05, 4.69) is 15.7 Å². The van der Waals surface area contributed by atoms with Crippen molar-refractivity contribution < 1.29 is 9.47 Å². The van der Waals surface area contributed by atoms with Crippen LogP contribution in [0.25, 0.3) is 0 Å². The summed E-state index contributed by atoms with van der Waals surface area (Å²) >= 11 is 17.4. The minimum absolute atomic E-state index is 0.432. The summed E-state index contributed by atoms with van der Waals surface area (Å²) in [5, 5.41) is 12.0. The molecule has 6 nitrogen and oxygen atoms in total. The number of nitrogens with one attached hydrogen (secondary N) is 2. The van der Waals surface area contributed by atoms with E-state index in [0.29, 0.717) is 33.2 Å². The predicted molar refractivity (Wildman–Crippen MR) is 117 cm³/mol. The number of aromatic nitrogens is 2. The van der Waals surface area contributed by atoms with E-state index in [1.54, 1.807) is 43.3 Å². The van der Waals surface area contributed by atoms with E-state index in [1.165, 1.54) is 0 Å². The second-order valence-corrected chi connectivity index (χ2v) is 7.05. The minimum atomic E-state index is 0.432. The second kappa shape index (κ2) is 9.14. The molecule has 0 fully saturated rings. The van der Waals surface area contributed by atoms with Crippen LogP contribution in [0.3, 0.4) is 0 Å². The zero-order valence-electron chi connectivity index (χ0n) is 15.2. The molecule has 2 aromatic carbocycles. The summed E-state index contributed by atoms with van der Waals surface area (Å²) < 4.78 is 12.3. The number of halogens is 2. The summed E-state index contributed by atoms with van der Waals surface area (Å²) in [5.41, 5.74) is 2.53. The molecule has 0 unspecified atom stereocenters. The Hall–Kier alpha value is -2.48. The normalized spacial score (nSPS) is 10.4. The lowest BCUT2D eigenvalue weighted by molar-refractivity contribution is 0.355. The van der Waals surface area contributed by atoms with Crippen molar-refractivity contribution >= 4 is 51.9 Å². The van der Waals surface area contributed by atoms with Gasteiger partial charge >= 0.3 is 0 Å². The molecule has 9 heteroatoms. The summed E-state index contributed by atoms with van der Waals surface area (Å²) in [7, 11) is 3.17. The fraction of sp³-hybridized carbons (Fsp3) is 0.158. The molecule has 146 valence electrons. The standard InChI is InChI=1S/C19H18Cl2N4O2S/c1-26-17-6-4-13(8-18(17)27-2)23-19(28)24-14-9-22-25(11-14)10-12-3-5-15(20)16(21)7-12/h3-9,11H,10H2,1-2H3,(H2,23,24,28). The predicted octanol–water partition coefficient (Wildman–Crippen LogP) is 5.06. The highest BCUT2D eigenvalue weighted by molar-refractivity contribution is 7.80. The van der Waals surface area contributed by atoms with Gasteiger partial charge in [0.25, 0.3) is 0 Å². The fourth-order valence-corrected chi connectivity index (χ4v) is 3.10. The third-order valence-electron chi connectivity index (χ3n) is 3.86. The Morgan fingerprint density at radius 2 is 1.75 bits per heavy atom. The van der Waals surface area contributed by atoms with Gasteiger partial charge in [0.05, 0.1) is 42.7 Å². The number of thiocarbonyl (C=S) groups is 1. The van der Waals surface area contributed by atoms with Gasteiger partial charge in [0.1, 0.15) is 0 Å². The fourth-order valence-electron chi connectivity index (χ4n) is 2.55. The van der Waals surface area contributed by atoms with E-state index in [1.807, 2.05) is 24.4 Å². The summed E-state index contributed by atoms with van der Waals surface area (Å²) in [5.74, 6) is 1.26. The number of methoxy groups -OCH3 is 2. The number of hydrogen-bond acceptors (Lipinski definition) is 4. The van der Waals surface area contributed by atoms with Crippen molar-refractivity contribution in [2.75, 3.05) is 24.9 Å². The molecule has 0 atom stereocenters. The minimum Gasteiger partial charge on any atom is -0.493 e. The lowest BCUT2D eigenvalue weighted by Gasteiger charge is -2.12. The lowest BCUT2D eigenvalue weighted by atomic mass is 10.2. The number of nitrogens with zero attached hydrogens (tertiary/aromatic N) is 2. The molecule has 28 heavy (non-hydrogen) atoms. The third-order valence-corrected chi connectivity index (χ3v) is 4.80. The Balaban J connectivity index is 1.61. The average molecular weight is 437 g/mol. The van der Waals surface area contributed by atoms with Gasteiger partial charge in [-0.3, -0.25) is 4.68 Å². The van der Waals surface area contributed by atoms with Crippen LogP contribution in [0.2, 0.25) is 10.0 Å². The van der Waals surface area contributed by atoms with Gasteiger partial charge < -0.3 is 20.1 Å². The largest absolute Gasteiger partial charge is 0.493 e. The molecule has 0 radical (unpaired) electrons. The molecular weight excluding hydrogens is 419 g/mol. The van der Waals surface area contributed by atoms with E-state index in [9.17, 15) is 0 Å². The van der Waals surface area contributed by atoms with E-state index in [0.717, 1.165) is 16.9 Å². The van der Waals surface area contributed by atoms with Gasteiger partial charge in [-0.05, 0) is 42.0 Å². The molecule has 0 spiro atoms. The SMILES string of the molecule is COc1ccc(NC(=S)Nc2cnn(Cc3ccc(Cl)c(Cl)c3)c2)cc1OC. The van der Waals surface area contributed by atoms with Crippen LogP contribution in [-0.2, 0) is 6.54 Å². The Labute approximate surface area is 178 Å². The molecule has 0 aliphatic carbocycles. The van der Waals surface area contributed by atoms with Crippen molar-refractivity contribution in [1.82, 2.24) is 9.78 Å². The molecule has 0 aliphatic rings. The number of ether oxygens (including phenoxy) is 2. The van der Waals surface area contributed by atoms with Crippen molar-refractivity contribution in [2.24, 2.45) is 0 Å². The molecule has 0 amide bonds. The van der Waals surface area contributed by atoms with Gasteiger partial charge in [-0.1, -0.05) is 29.3 Å². The molecule has 0 bridgehead atoms. The van der Waals surface area contributed by atoms with Crippen LogP contribution in [0, 0.1) is 0 Å². The maximum atomic E-state index is 6.06. The number of rotatable bonds is 6. The maximum Gasteiger partial charge on any atom is 0.175 e. The Morgan fingerprint density at radius 1 is 1.00 bits per heavy atom. The smallest absolute Gasteiger partial charge is 0.175 e.